The second-order valence-electron chi connectivity index (χ2n) is 3.14. The summed E-state index contributed by atoms with van der Waals surface area (Å²) in [6, 6.07) is 0. The molecular formula is C8H15NO4. The monoisotopic (exact) mass is 189 g/mol. The van der Waals surface area contributed by atoms with E-state index in [0.717, 1.165) is 0 Å². The molecule has 0 saturated heterocycles. The summed E-state index contributed by atoms with van der Waals surface area (Å²) in [6.45, 7) is 3.83. The summed E-state index contributed by atoms with van der Waals surface area (Å²) < 4.78 is 4.41. The molecule has 0 aromatic carbocycles. The van der Waals surface area contributed by atoms with E-state index in [9.17, 15) is 14.7 Å². The lowest BCUT2D eigenvalue weighted by atomic mass is 10.1. The third-order valence-corrected chi connectivity index (χ3v) is 1.35. The van der Waals surface area contributed by atoms with Crippen LogP contribution in [0.15, 0.2) is 0 Å². The van der Waals surface area contributed by atoms with Crippen LogP contribution in [-0.2, 0) is 14.3 Å². The van der Waals surface area contributed by atoms with Gasteiger partial charge in [0.05, 0.1) is 6.61 Å². The van der Waals surface area contributed by atoms with Gasteiger partial charge in [-0.2, -0.15) is 0 Å². The molecule has 0 spiro atoms. The lowest BCUT2D eigenvalue weighted by Crippen LogP contribution is -2.42. The van der Waals surface area contributed by atoms with Crippen LogP contribution in [0.5, 0.6) is 0 Å². The fourth-order valence-electron chi connectivity index (χ4n) is 0.622. The van der Waals surface area contributed by atoms with Crippen LogP contribution in [0.2, 0.25) is 0 Å². The number of aliphatic hydroxyl groups is 1. The molecule has 0 fully saturated rings. The van der Waals surface area contributed by atoms with Crippen LogP contribution in [0.4, 0.5) is 0 Å². The molecule has 0 radical (unpaired) electrons. The number of hydrogen-bond acceptors (Lipinski definition) is 4. The second kappa shape index (κ2) is 5.53. The highest BCUT2D eigenvalue weighted by Crippen LogP contribution is 1.99. The van der Waals surface area contributed by atoms with E-state index >= 15 is 0 Å². The molecule has 5 nitrogen and oxygen atoms in total. The van der Waals surface area contributed by atoms with E-state index in [1.54, 1.807) is 0 Å². The van der Waals surface area contributed by atoms with E-state index in [-0.39, 0.29) is 6.61 Å². The van der Waals surface area contributed by atoms with Crippen LogP contribution < -0.4 is 5.32 Å². The molecule has 1 amide bonds. The highest BCUT2D eigenvalue weighted by Gasteiger charge is 2.22. The van der Waals surface area contributed by atoms with Crippen LogP contribution in [0.25, 0.3) is 0 Å². The molecule has 0 aromatic rings. The Morgan fingerprint density at radius 3 is 2.69 bits per heavy atom. The Labute approximate surface area is 77.1 Å². The maximum Gasteiger partial charge on any atom is 0.293 e. The van der Waals surface area contributed by atoms with E-state index < -0.39 is 11.5 Å². The minimum atomic E-state index is -1.36. The van der Waals surface area contributed by atoms with Gasteiger partial charge in [0.2, 0.25) is 0 Å². The third-order valence-electron chi connectivity index (χ3n) is 1.35. The number of hydrogen-bond donors (Lipinski definition) is 2. The maximum absolute atomic E-state index is 11.0. The predicted octanol–water partition coefficient (Wildman–Crippen LogP) is -0.563. The molecule has 0 aliphatic rings. The average molecular weight is 189 g/mol. The first-order chi connectivity index (χ1) is 5.98. The lowest BCUT2D eigenvalue weighted by molar-refractivity contribution is -0.136. The number of rotatable bonds is 6. The molecule has 76 valence electrons. The highest BCUT2D eigenvalue weighted by atomic mass is 16.5. The Balaban J connectivity index is 3.43. The summed E-state index contributed by atoms with van der Waals surface area (Å²) in [5.74, 6) is -0.432. The summed E-state index contributed by atoms with van der Waals surface area (Å²) in [7, 11) is 0. The van der Waals surface area contributed by atoms with Gasteiger partial charge in [-0.3, -0.25) is 9.59 Å². The van der Waals surface area contributed by atoms with Crippen LogP contribution in [0.3, 0.4) is 0 Å². The molecule has 2 N–H and O–H groups in total. The summed E-state index contributed by atoms with van der Waals surface area (Å²) in [5.41, 5.74) is -1.36. The van der Waals surface area contributed by atoms with E-state index in [4.69, 9.17) is 0 Å². The van der Waals surface area contributed by atoms with Crippen molar-refractivity contribution < 1.29 is 19.4 Å². The van der Waals surface area contributed by atoms with Gasteiger partial charge in [-0.05, 0) is 20.3 Å². The van der Waals surface area contributed by atoms with Crippen LogP contribution in [0, 0.1) is 0 Å². The van der Waals surface area contributed by atoms with Gasteiger partial charge in [0, 0.05) is 6.54 Å². The van der Waals surface area contributed by atoms with Crippen LogP contribution >= 0.6 is 0 Å². The van der Waals surface area contributed by atoms with Crippen molar-refractivity contribution in [2.45, 2.75) is 25.9 Å². The molecule has 0 unspecified atom stereocenters. The highest BCUT2D eigenvalue weighted by molar-refractivity contribution is 5.83. The maximum atomic E-state index is 11.0. The summed E-state index contributed by atoms with van der Waals surface area (Å²) >= 11 is 0. The minimum absolute atomic E-state index is 0.273. The van der Waals surface area contributed by atoms with Crippen LogP contribution in [-0.4, -0.2) is 36.2 Å². The van der Waals surface area contributed by atoms with Gasteiger partial charge < -0.3 is 15.2 Å². The average Bonchev–Trinajstić information content (AvgIpc) is 2.02. The van der Waals surface area contributed by atoms with Gasteiger partial charge in [0.25, 0.3) is 12.4 Å². The van der Waals surface area contributed by atoms with E-state index in [2.05, 4.69) is 10.1 Å². The molecule has 0 aliphatic carbocycles. The molecule has 0 aliphatic heterocycles. The molecule has 0 aromatic heterocycles. The van der Waals surface area contributed by atoms with Crippen molar-refractivity contribution in [3.8, 4) is 0 Å². The molecule has 13 heavy (non-hydrogen) atoms. The third kappa shape index (κ3) is 6.10. The van der Waals surface area contributed by atoms with Gasteiger partial charge >= 0.3 is 0 Å². The summed E-state index contributed by atoms with van der Waals surface area (Å²) in [6.07, 6.45) is 0.542. The lowest BCUT2D eigenvalue weighted by Gasteiger charge is -2.16. The van der Waals surface area contributed by atoms with Gasteiger partial charge in [-0.1, -0.05) is 0 Å². The smallest absolute Gasteiger partial charge is 0.293 e. The Bertz CT molecular complexity index is 173. The number of nitrogens with one attached hydrogen (secondary N) is 1. The Morgan fingerprint density at radius 2 is 2.23 bits per heavy atom. The van der Waals surface area contributed by atoms with Crippen molar-refractivity contribution in [2.75, 3.05) is 13.2 Å². The summed E-state index contributed by atoms with van der Waals surface area (Å²) in [5, 5.41) is 11.7. The van der Waals surface area contributed by atoms with Gasteiger partial charge in [0.1, 0.15) is 5.60 Å². The fraction of sp³-hybridized carbons (Fsp3) is 0.750. The zero-order valence-electron chi connectivity index (χ0n) is 7.87. The van der Waals surface area contributed by atoms with Crippen LogP contribution in [0.1, 0.15) is 20.3 Å². The normalized spacial score (nSPS) is 10.7. The quantitative estimate of drug-likeness (QED) is 0.433. The molecule has 0 atom stereocenters. The van der Waals surface area contributed by atoms with E-state index in [1.165, 1.54) is 13.8 Å². The van der Waals surface area contributed by atoms with Gasteiger partial charge in [-0.25, -0.2) is 0 Å². The first-order valence-electron chi connectivity index (χ1n) is 4.04. The van der Waals surface area contributed by atoms with Crippen molar-refractivity contribution in [3.63, 3.8) is 0 Å². The number of carbonyl (C=O) groups excluding carboxylic acids is 2. The van der Waals surface area contributed by atoms with Gasteiger partial charge in [-0.15, -0.1) is 0 Å². The number of ether oxygens (including phenoxy) is 1. The molecule has 0 heterocycles. The Kier molecular flexibility index (Phi) is 5.06. The summed E-state index contributed by atoms with van der Waals surface area (Å²) in [4.78, 5) is 20.7. The SMILES string of the molecule is CC(C)(O)C(=O)NCCCOC=O. The largest absolute Gasteiger partial charge is 0.468 e. The zero-order valence-corrected chi connectivity index (χ0v) is 7.87. The molecular weight excluding hydrogens is 174 g/mol. The molecule has 0 rings (SSSR count). The van der Waals surface area contributed by atoms with E-state index in [0.29, 0.717) is 19.4 Å². The topological polar surface area (TPSA) is 75.6 Å². The predicted molar refractivity (Wildman–Crippen MR) is 45.9 cm³/mol. The van der Waals surface area contributed by atoms with Crippen molar-refractivity contribution in [3.05, 3.63) is 0 Å². The van der Waals surface area contributed by atoms with Crippen molar-refractivity contribution in [2.24, 2.45) is 0 Å². The van der Waals surface area contributed by atoms with E-state index in [1.807, 2.05) is 0 Å². The standard InChI is InChI=1S/C8H15NO4/c1-8(2,12)7(11)9-4-3-5-13-6-10/h6,12H,3-5H2,1-2H3,(H,9,11). The van der Waals surface area contributed by atoms with Gasteiger partial charge in [0.15, 0.2) is 0 Å². The zero-order chi connectivity index (χ0) is 10.3. The molecule has 0 saturated carbocycles. The van der Waals surface area contributed by atoms with Crippen molar-refractivity contribution >= 4 is 12.4 Å². The fourth-order valence-corrected chi connectivity index (χ4v) is 0.622. The number of amides is 1. The van der Waals surface area contributed by atoms with Crippen molar-refractivity contribution in [1.29, 1.82) is 0 Å². The number of carbonyl (C=O) groups is 2. The first kappa shape index (κ1) is 11.9. The van der Waals surface area contributed by atoms with Crippen molar-refractivity contribution in [1.82, 2.24) is 5.32 Å². The molecule has 5 heteroatoms. The Hall–Kier alpha value is -1.10. The first-order valence-corrected chi connectivity index (χ1v) is 4.04. The molecule has 0 bridgehead atoms. The minimum Gasteiger partial charge on any atom is -0.468 e. The Morgan fingerprint density at radius 1 is 1.62 bits per heavy atom. The second-order valence-corrected chi connectivity index (χ2v) is 3.14.